The van der Waals surface area contributed by atoms with E-state index >= 15 is 0 Å². The SMILES string of the molecule is CCCNC(CCCc1ccccc1)C1CCCCC1. The van der Waals surface area contributed by atoms with Crippen LogP contribution in [0.2, 0.25) is 0 Å². The van der Waals surface area contributed by atoms with Gasteiger partial charge in [-0.2, -0.15) is 0 Å². The van der Waals surface area contributed by atoms with Crippen molar-refractivity contribution in [1.82, 2.24) is 5.32 Å². The van der Waals surface area contributed by atoms with E-state index in [2.05, 4.69) is 42.6 Å². The van der Waals surface area contributed by atoms with E-state index in [1.165, 1.54) is 69.9 Å². The van der Waals surface area contributed by atoms with E-state index in [-0.39, 0.29) is 0 Å². The molecule has 1 atom stereocenters. The Labute approximate surface area is 125 Å². The van der Waals surface area contributed by atoms with Gasteiger partial charge in [0.1, 0.15) is 0 Å². The van der Waals surface area contributed by atoms with Crippen LogP contribution < -0.4 is 5.32 Å². The lowest BCUT2D eigenvalue weighted by atomic mass is 9.82. The molecular weight excluding hydrogens is 242 g/mol. The molecule has 112 valence electrons. The van der Waals surface area contributed by atoms with Crippen molar-refractivity contribution in [2.24, 2.45) is 5.92 Å². The van der Waals surface area contributed by atoms with Gasteiger partial charge < -0.3 is 5.32 Å². The maximum atomic E-state index is 3.83. The maximum absolute atomic E-state index is 3.83. The zero-order chi connectivity index (χ0) is 14.0. The first-order chi connectivity index (χ1) is 9.90. The predicted molar refractivity (Wildman–Crippen MR) is 88.0 cm³/mol. The lowest BCUT2D eigenvalue weighted by Gasteiger charge is -2.31. The zero-order valence-electron chi connectivity index (χ0n) is 13.1. The van der Waals surface area contributed by atoms with Gasteiger partial charge in [-0.3, -0.25) is 0 Å². The summed E-state index contributed by atoms with van der Waals surface area (Å²) in [5.41, 5.74) is 1.49. The van der Waals surface area contributed by atoms with Crippen LogP contribution in [-0.4, -0.2) is 12.6 Å². The monoisotopic (exact) mass is 273 g/mol. The van der Waals surface area contributed by atoms with Crippen LogP contribution in [0, 0.1) is 5.92 Å². The Balaban J connectivity index is 1.77. The minimum atomic E-state index is 0.763. The van der Waals surface area contributed by atoms with Crippen LogP contribution in [0.4, 0.5) is 0 Å². The van der Waals surface area contributed by atoms with Crippen LogP contribution in [0.1, 0.15) is 63.9 Å². The Morgan fingerprint density at radius 1 is 1.10 bits per heavy atom. The standard InChI is InChI=1S/C19H31N/c1-2-16-20-19(18-13-7-4-8-14-18)15-9-12-17-10-5-3-6-11-17/h3,5-6,10-11,18-20H,2,4,7-9,12-16H2,1H3. The van der Waals surface area contributed by atoms with E-state index in [0.717, 1.165) is 12.0 Å². The number of aryl methyl sites for hydroxylation is 1. The number of rotatable bonds is 8. The Kier molecular flexibility index (Phi) is 7.14. The first-order valence-corrected chi connectivity index (χ1v) is 8.67. The molecule has 1 saturated carbocycles. The van der Waals surface area contributed by atoms with Crippen molar-refractivity contribution in [3.8, 4) is 0 Å². The highest BCUT2D eigenvalue weighted by molar-refractivity contribution is 5.14. The third-order valence-electron chi connectivity index (χ3n) is 4.70. The molecule has 0 aliphatic heterocycles. The van der Waals surface area contributed by atoms with E-state index in [0.29, 0.717) is 0 Å². The second kappa shape index (κ2) is 9.18. The Morgan fingerprint density at radius 3 is 2.55 bits per heavy atom. The fourth-order valence-electron chi connectivity index (χ4n) is 3.54. The highest BCUT2D eigenvalue weighted by Gasteiger charge is 2.22. The normalized spacial score (nSPS) is 18.1. The molecule has 1 nitrogen and oxygen atoms in total. The molecule has 1 heteroatoms. The second-order valence-electron chi connectivity index (χ2n) is 6.34. The molecule has 0 spiro atoms. The van der Waals surface area contributed by atoms with Crippen molar-refractivity contribution >= 4 is 0 Å². The lowest BCUT2D eigenvalue weighted by molar-refractivity contribution is 0.255. The Hall–Kier alpha value is -0.820. The summed E-state index contributed by atoms with van der Waals surface area (Å²) < 4.78 is 0. The van der Waals surface area contributed by atoms with E-state index in [4.69, 9.17) is 0 Å². The van der Waals surface area contributed by atoms with Gasteiger partial charge in [-0.05, 0) is 56.6 Å². The summed E-state index contributed by atoms with van der Waals surface area (Å²) in [7, 11) is 0. The molecule has 1 fully saturated rings. The van der Waals surface area contributed by atoms with Gasteiger partial charge in [-0.1, -0.05) is 56.5 Å². The smallest absolute Gasteiger partial charge is 0.00954 e. The summed E-state index contributed by atoms with van der Waals surface area (Å²) in [6.07, 6.45) is 12.4. The van der Waals surface area contributed by atoms with Crippen LogP contribution in [0.15, 0.2) is 30.3 Å². The largest absolute Gasteiger partial charge is 0.314 e. The van der Waals surface area contributed by atoms with Gasteiger partial charge >= 0.3 is 0 Å². The average molecular weight is 273 g/mol. The van der Waals surface area contributed by atoms with Gasteiger partial charge in [0.05, 0.1) is 0 Å². The molecular formula is C19H31N. The summed E-state index contributed by atoms with van der Waals surface area (Å²) >= 11 is 0. The highest BCUT2D eigenvalue weighted by Crippen LogP contribution is 2.28. The van der Waals surface area contributed by atoms with Crippen molar-refractivity contribution in [3.05, 3.63) is 35.9 Å². The van der Waals surface area contributed by atoms with Crippen LogP contribution in [0.5, 0.6) is 0 Å². The molecule has 0 aromatic heterocycles. The van der Waals surface area contributed by atoms with Gasteiger partial charge in [-0.15, -0.1) is 0 Å². The van der Waals surface area contributed by atoms with Crippen LogP contribution in [-0.2, 0) is 6.42 Å². The molecule has 0 amide bonds. The first-order valence-electron chi connectivity index (χ1n) is 8.67. The first kappa shape index (κ1) is 15.6. The van der Waals surface area contributed by atoms with Gasteiger partial charge in [0.25, 0.3) is 0 Å². The molecule has 1 aliphatic carbocycles. The highest BCUT2D eigenvalue weighted by atomic mass is 14.9. The Bertz CT molecular complexity index is 340. The molecule has 1 aliphatic rings. The molecule has 1 N–H and O–H groups in total. The minimum Gasteiger partial charge on any atom is -0.314 e. The summed E-state index contributed by atoms with van der Waals surface area (Å²) in [6, 6.07) is 11.7. The average Bonchev–Trinajstić information content (AvgIpc) is 2.52. The molecule has 0 heterocycles. The van der Waals surface area contributed by atoms with Gasteiger partial charge in [0.2, 0.25) is 0 Å². The van der Waals surface area contributed by atoms with Gasteiger partial charge in [0.15, 0.2) is 0 Å². The van der Waals surface area contributed by atoms with Gasteiger partial charge in [0, 0.05) is 6.04 Å². The summed E-state index contributed by atoms with van der Waals surface area (Å²) in [5.74, 6) is 0.936. The molecule has 1 aromatic carbocycles. The van der Waals surface area contributed by atoms with E-state index in [1.807, 2.05) is 0 Å². The van der Waals surface area contributed by atoms with Crippen LogP contribution in [0.3, 0.4) is 0 Å². The van der Waals surface area contributed by atoms with Crippen molar-refractivity contribution in [1.29, 1.82) is 0 Å². The fraction of sp³-hybridized carbons (Fsp3) is 0.684. The fourth-order valence-corrected chi connectivity index (χ4v) is 3.54. The summed E-state index contributed by atoms with van der Waals surface area (Å²) in [5, 5.41) is 3.83. The van der Waals surface area contributed by atoms with Crippen LogP contribution in [0.25, 0.3) is 0 Å². The quantitative estimate of drug-likeness (QED) is 0.706. The lowest BCUT2D eigenvalue weighted by Crippen LogP contribution is -2.37. The van der Waals surface area contributed by atoms with Crippen molar-refractivity contribution in [2.45, 2.75) is 70.8 Å². The van der Waals surface area contributed by atoms with E-state index < -0.39 is 0 Å². The summed E-state index contributed by atoms with van der Waals surface area (Å²) in [6.45, 7) is 3.46. The maximum Gasteiger partial charge on any atom is 0.00954 e. The molecule has 20 heavy (non-hydrogen) atoms. The number of nitrogens with one attached hydrogen (secondary N) is 1. The molecule has 1 aromatic rings. The molecule has 0 saturated heterocycles. The topological polar surface area (TPSA) is 12.0 Å². The number of benzene rings is 1. The predicted octanol–water partition coefficient (Wildman–Crippen LogP) is 4.96. The van der Waals surface area contributed by atoms with Gasteiger partial charge in [-0.25, -0.2) is 0 Å². The van der Waals surface area contributed by atoms with Crippen molar-refractivity contribution < 1.29 is 0 Å². The number of hydrogen-bond acceptors (Lipinski definition) is 1. The van der Waals surface area contributed by atoms with Crippen molar-refractivity contribution in [2.75, 3.05) is 6.54 Å². The van der Waals surface area contributed by atoms with Crippen LogP contribution >= 0.6 is 0 Å². The van der Waals surface area contributed by atoms with Crippen molar-refractivity contribution in [3.63, 3.8) is 0 Å². The molecule has 2 rings (SSSR count). The minimum absolute atomic E-state index is 0.763. The molecule has 0 bridgehead atoms. The molecule has 0 radical (unpaired) electrons. The van der Waals surface area contributed by atoms with E-state index in [1.54, 1.807) is 0 Å². The molecule has 1 unspecified atom stereocenters. The third-order valence-corrected chi connectivity index (χ3v) is 4.70. The van der Waals surface area contributed by atoms with E-state index in [9.17, 15) is 0 Å². The Morgan fingerprint density at radius 2 is 1.85 bits per heavy atom. The second-order valence-corrected chi connectivity index (χ2v) is 6.34. The number of hydrogen-bond donors (Lipinski definition) is 1. The zero-order valence-corrected chi connectivity index (χ0v) is 13.1. The third kappa shape index (κ3) is 5.28. The summed E-state index contributed by atoms with van der Waals surface area (Å²) in [4.78, 5) is 0.